The number of rotatable bonds is 4. The van der Waals surface area contributed by atoms with E-state index in [1.807, 2.05) is 10.6 Å². The second-order valence-electron chi connectivity index (χ2n) is 5.54. The third-order valence-corrected chi connectivity index (χ3v) is 3.54. The monoisotopic (exact) mass is 344 g/mol. The molecule has 0 saturated heterocycles. The Morgan fingerprint density at radius 1 is 1.25 bits per heavy atom. The van der Waals surface area contributed by atoms with Crippen molar-refractivity contribution in [2.24, 2.45) is 7.05 Å². The summed E-state index contributed by atoms with van der Waals surface area (Å²) in [5, 5.41) is 7.50. The van der Waals surface area contributed by atoms with Gasteiger partial charge < -0.3 is 5.32 Å². The van der Waals surface area contributed by atoms with E-state index in [2.05, 4.69) is 5.10 Å². The number of amides is 2. The first kappa shape index (κ1) is 17.8. The number of anilines is 1. The Kier molecular flexibility index (Phi) is 4.81. The molecule has 1 aromatic heterocycles. The second-order valence-corrected chi connectivity index (χ2v) is 5.54. The standard InChI is InChI=1S/C15H16F4N4O/c1-14(15(17,18)19,8-10-6-4-3-5-7-10)22-13(24)21-12-11(16)9-20-23(12)2/h3-7,9H,8H2,1-2H3,(H2,21,22,24). The van der Waals surface area contributed by atoms with Gasteiger partial charge in [-0.1, -0.05) is 30.3 Å². The van der Waals surface area contributed by atoms with Crippen molar-refractivity contribution in [2.75, 3.05) is 5.32 Å². The lowest BCUT2D eigenvalue weighted by Crippen LogP contribution is -2.59. The first-order valence-corrected chi connectivity index (χ1v) is 7.00. The first-order valence-electron chi connectivity index (χ1n) is 7.00. The van der Waals surface area contributed by atoms with Gasteiger partial charge in [-0.25, -0.2) is 13.9 Å². The van der Waals surface area contributed by atoms with Crippen molar-refractivity contribution < 1.29 is 22.4 Å². The lowest BCUT2D eigenvalue weighted by atomic mass is 9.92. The predicted octanol–water partition coefficient (Wildman–Crippen LogP) is 3.24. The highest BCUT2D eigenvalue weighted by Gasteiger charge is 2.52. The van der Waals surface area contributed by atoms with Crippen LogP contribution in [0.3, 0.4) is 0 Å². The average molecular weight is 344 g/mol. The molecule has 5 nitrogen and oxygen atoms in total. The summed E-state index contributed by atoms with van der Waals surface area (Å²) >= 11 is 0. The van der Waals surface area contributed by atoms with E-state index in [4.69, 9.17) is 0 Å². The van der Waals surface area contributed by atoms with Gasteiger partial charge in [-0.2, -0.15) is 18.3 Å². The van der Waals surface area contributed by atoms with Gasteiger partial charge in [-0.05, 0) is 12.5 Å². The van der Waals surface area contributed by atoms with Crippen LogP contribution in [0.5, 0.6) is 0 Å². The van der Waals surface area contributed by atoms with Crippen LogP contribution in [0, 0.1) is 5.82 Å². The Bertz CT molecular complexity index is 695. The van der Waals surface area contributed by atoms with Crippen LogP contribution < -0.4 is 10.6 Å². The lowest BCUT2D eigenvalue weighted by molar-refractivity contribution is -0.187. The van der Waals surface area contributed by atoms with Gasteiger partial charge in [0.15, 0.2) is 11.6 Å². The highest BCUT2D eigenvalue weighted by Crippen LogP contribution is 2.33. The van der Waals surface area contributed by atoms with Crippen molar-refractivity contribution in [1.29, 1.82) is 0 Å². The van der Waals surface area contributed by atoms with E-state index < -0.39 is 30.0 Å². The summed E-state index contributed by atoms with van der Waals surface area (Å²) in [7, 11) is 1.35. The van der Waals surface area contributed by atoms with E-state index in [1.165, 1.54) is 19.2 Å². The second kappa shape index (κ2) is 6.50. The molecule has 0 aliphatic rings. The molecule has 0 radical (unpaired) electrons. The third-order valence-electron chi connectivity index (χ3n) is 3.54. The third kappa shape index (κ3) is 3.84. The Morgan fingerprint density at radius 2 is 1.88 bits per heavy atom. The molecule has 0 bridgehead atoms. The number of nitrogens with one attached hydrogen (secondary N) is 2. The van der Waals surface area contributed by atoms with Crippen molar-refractivity contribution in [2.45, 2.75) is 25.1 Å². The Morgan fingerprint density at radius 3 is 2.38 bits per heavy atom. The number of aryl methyl sites for hydroxylation is 1. The molecule has 2 rings (SSSR count). The maximum Gasteiger partial charge on any atom is 0.411 e. The van der Waals surface area contributed by atoms with E-state index in [-0.39, 0.29) is 5.82 Å². The van der Waals surface area contributed by atoms with Crippen LogP contribution >= 0.6 is 0 Å². The van der Waals surface area contributed by atoms with Crippen LogP contribution in [0.2, 0.25) is 0 Å². The molecule has 1 heterocycles. The van der Waals surface area contributed by atoms with Crippen LogP contribution in [0.1, 0.15) is 12.5 Å². The maximum absolute atomic E-state index is 13.5. The van der Waals surface area contributed by atoms with Crippen molar-refractivity contribution >= 4 is 11.8 Å². The van der Waals surface area contributed by atoms with Gasteiger partial charge in [0.25, 0.3) is 0 Å². The number of benzene rings is 1. The molecule has 1 atom stereocenters. The zero-order valence-electron chi connectivity index (χ0n) is 13.0. The minimum absolute atomic E-state index is 0.322. The Labute approximate surface area is 135 Å². The fraction of sp³-hybridized carbons (Fsp3) is 0.333. The molecule has 2 aromatic rings. The van der Waals surface area contributed by atoms with Crippen molar-refractivity contribution in [1.82, 2.24) is 15.1 Å². The molecule has 1 aromatic carbocycles. The van der Waals surface area contributed by atoms with Crippen LogP contribution in [0.15, 0.2) is 36.5 Å². The zero-order valence-corrected chi connectivity index (χ0v) is 13.0. The largest absolute Gasteiger partial charge is 0.411 e. The van der Waals surface area contributed by atoms with Gasteiger partial charge >= 0.3 is 12.2 Å². The van der Waals surface area contributed by atoms with Crippen LogP contribution in [0.4, 0.5) is 28.2 Å². The van der Waals surface area contributed by atoms with Crippen LogP contribution in [0.25, 0.3) is 0 Å². The van der Waals surface area contributed by atoms with Gasteiger partial charge in [0, 0.05) is 13.5 Å². The summed E-state index contributed by atoms with van der Waals surface area (Å²) in [4.78, 5) is 11.9. The summed E-state index contributed by atoms with van der Waals surface area (Å²) < 4.78 is 54.8. The fourth-order valence-electron chi connectivity index (χ4n) is 2.16. The van der Waals surface area contributed by atoms with Crippen LogP contribution in [-0.4, -0.2) is 27.5 Å². The van der Waals surface area contributed by atoms with Gasteiger partial charge in [-0.3, -0.25) is 5.32 Å². The van der Waals surface area contributed by atoms with E-state index in [9.17, 15) is 22.4 Å². The molecule has 0 saturated carbocycles. The molecule has 130 valence electrons. The summed E-state index contributed by atoms with van der Waals surface area (Å²) in [5.41, 5.74) is -2.11. The van der Waals surface area contributed by atoms with Gasteiger partial charge in [0.2, 0.25) is 0 Å². The van der Waals surface area contributed by atoms with E-state index >= 15 is 0 Å². The van der Waals surface area contributed by atoms with E-state index in [1.54, 1.807) is 18.2 Å². The molecular formula is C15H16F4N4O. The van der Waals surface area contributed by atoms with Crippen molar-refractivity contribution in [3.05, 3.63) is 47.9 Å². The zero-order chi connectivity index (χ0) is 18.0. The first-order chi connectivity index (χ1) is 11.1. The number of carbonyl (C=O) groups excluding carboxylic acids is 1. The van der Waals surface area contributed by atoms with Gasteiger partial charge in [-0.15, -0.1) is 0 Å². The molecule has 0 aliphatic carbocycles. The van der Waals surface area contributed by atoms with Crippen molar-refractivity contribution in [3.8, 4) is 0 Å². The molecule has 2 amide bonds. The number of urea groups is 1. The smallest absolute Gasteiger partial charge is 0.323 e. The topological polar surface area (TPSA) is 59.0 Å². The number of aromatic nitrogens is 2. The van der Waals surface area contributed by atoms with Crippen LogP contribution in [-0.2, 0) is 13.5 Å². The maximum atomic E-state index is 13.5. The Balaban J connectivity index is 2.18. The summed E-state index contributed by atoms with van der Waals surface area (Å²) in [5.74, 6) is -1.17. The Hall–Kier alpha value is -2.58. The number of alkyl halides is 3. The number of halogens is 4. The number of nitrogens with zero attached hydrogens (tertiary/aromatic N) is 2. The van der Waals surface area contributed by atoms with E-state index in [0.29, 0.717) is 5.56 Å². The van der Waals surface area contributed by atoms with Gasteiger partial charge in [0.05, 0.1) is 6.20 Å². The molecule has 0 fully saturated rings. The molecular weight excluding hydrogens is 328 g/mol. The summed E-state index contributed by atoms with van der Waals surface area (Å²) in [6, 6.07) is 6.79. The highest BCUT2D eigenvalue weighted by atomic mass is 19.4. The summed E-state index contributed by atoms with van der Waals surface area (Å²) in [6.07, 6.45) is -4.31. The molecule has 1 unspecified atom stereocenters. The average Bonchev–Trinajstić information content (AvgIpc) is 2.79. The SMILES string of the molecule is Cn1ncc(F)c1NC(=O)NC(C)(Cc1ccccc1)C(F)(F)F. The lowest BCUT2D eigenvalue weighted by Gasteiger charge is -2.33. The number of hydrogen-bond donors (Lipinski definition) is 2. The fourth-order valence-corrected chi connectivity index (χ4v) is 2.16. The minimum Gasteiger partial charge on any atom is -0.323 e. The normalized spacial score (nSPS) is 14.1. The molecule has 2 N–H and O–H groups in total. The molecule has 24 heavy (non-hydrogen) atoms. The van der Waals surface area contributed by atoms with Crippen molar-refractivity contribution in [3.63, 3.8) is 0 Å². The predicted molar refractivity (Wildman–Crippen MR) is 79.9 cm³/mol. The summed E-state index contributed by atoms with van der Waals surface area (Å²) in [6.45, 7) is 0.874. The molecule has 9 heteroatoms. The molecule has 0 aliphatic heterocycles. The number of hydrogen-bond acceptors (Lipinski definition) is 2. The highest BCUT2D eigenvalue weighted by molar-refractivity contribution is 5.89. The molecule has 0 spiro atoms. The quantitative estimate of drug-likeness (QED) is 0.837. The van der Waals surface area contributed by atoms with E-state index in [0.717, 1.165) is 17.8 Å². The minimum atomic E-state index is -4.70. The number of carbonyl (C=O) groups is 1. The van der Waals surface area contributed by atoms with Gasteiger partial charge in [0.1, 0.15) is 5.54 Å².